The highest BCUT2D eigenvalue weighted by atomic mass is 16.3. The average Bonchev–Trinajstić information content (AvgIpc) is 3.01. The zero-order valence-electron chi connectivity index (χ0n) is 18.1. The standard InChI is InChI=1S/C24H29N3O3/c1-5-26(6-2)13-14-27-21(18-9-11-25-12-10-18)20(23(29)24(27)30)22(28)19-15-16(3)7-8-17(19)4/h7-12,15,21,28H,5-6,13-14H2,1-4H3/b22-20+/t21-/m1/s1. The Morgan fingerprint density at radius 2 is 1.77 bits per heavy atom. The van der Waals surface area contributed by atoms with Crippen molar-refractivity contribution in [2.45, 2.75) is 33.7 Å². The summed E-state index contributed by atoms with van der Waals surface area (Å²) in [6.45, 7) is 10.7. The summed E-state index contributed by atoms with van der Waals surface area (Å²) in [6.07, 6.45) is 3.27. The summed E-state index contributed by atoms with van der Waals surface area (Å²) < 4.78 is 0. The summed E-state index contributed by atoms with van der Waals surface area (Å²) in [5.74, 6) is -1.34. The van der Waals surface area contributed by atoms with Crippen LogP contribution in [0.3, 0.4) is 0 Å². The van der Waals surface area contributed by atoms with Gasteiger partial charge in [-0.1, -0.05) is 31.5 Å². The summed E-state index contributed by atoms with van der Waals surface area (Å²) in [4.78, 5) is 33.9. The van der Waals surface area contributed by atoms with Crippen molar-refractivity contribution in [2.75, 3.05) is 26.2 Å². The molecule has 1 aliphatic heterocycles. The fourth-order valence-corrected chi connectivity index (χ4v) is 3.93. The van der Waals surface area contributed by atoms with Crippen LogP contribution in [0.5, 0.6) is 0 Å². The predicted molar refractivity (Wildman–Crippen MR) is 117 cm³/mol. The molecule has 2 heterocycles. The largest absolute Gasteiger partial charge is 0.507 e. The number of carbonyl (C=O) groups is 2. The van der Waals surface area contributed by atoms with Crippen LogP contribution < -0.4 is 0 Å². The molecule has 1 amide bonds. The molecular weight excluding hydrogens is 378 g/mol. The van der Waals surface area contributed by atoms with Gasteiger partial charge in [-0.3, -0.25) is 14.6 Å². The van der Waals surface area contributed by atoms with Crippen molar-refractivity contribution in [3.8, 4) is 0 Å². The number of aliphatic hydroxyl groups excluding tert-OH is 1. The van der Waals surface area contributed by atoms with Gasteiger partial charge in [0.1, 0.15) is 5.76 Å². The van der Waals surface area contributed by atoms with Gasteiger partial charge in [-0.2, -0.15) is 0 Å². The number of pyridine rings is 1. The van der Waals surface area contributed by atoms with E-state index in [0.29, 0.717) is 18.7 Å². The van der Waals surface area contributed by atoms with E-state index in [2.05, 4.69) is 23.7 Å². The van der Waals surface area contributed by atoms with Crippen LogP contribution in [0.4, 0.5) is 0 Å². The Balaban J connectivity index is 2.12. The Kier molecular flexibility index (Phi) is 6.67. The Morgan fingerprint density at radius 3 is 2.40 bits per heavy atom. The first kappa shape index (κ1) is 21.7. The molecule has 6 nitrogen and oxygen atoms in total. The van der Waals surface area contributed by atoms with Crippen LogP contribution in [-0.2, 0) is 9.59 Å². The summed E-state index contributed by atoms with van der Waals surface area (Å²) in [6, 6.07) is 8.65. The highest BCUT2D eigenvalue weighted by molar-refractivity contribution is 6.46. The van der Waals surface area contributed by atoms with Crippen molar-refractivity contribution < 1.29 is 14.7 Å². The quantitative estimate of drug-likeness (QED) is 0.432. The molecule has 158 valence electrons. The molecule has 0 unspecified atom stereocenters. The van der Waals surface area contributed by atoms with E-state index in [-0.39, 0.29) is 11.3 Å². The molecule has 0 bridgehead atoms. The predicted octanol–water partition coefficient (Wildman–Crippen LogP) is 3.46. The van der Waals surface area contributed by atoms with Crippen LogP contribution in [0.25, 0.3) is 5.76 Å². The molecule has 1 aromatic carbocycles. The molecule has 30 heavy (non-hydrogen) atoms. The first-order valence-corrected chi connectivity index (χ1v) is 10.4. The lowest BCUT2D eigenvalue weighted by atomic mass is 9.94. The number of carbonyl (C=O) groups excluding carboxylic acids is 2. The molecule has 0 saturated carbocycles. The molecule has 6 heteroatoms. The van der Waals surface area contributed by atoms with Gasteiger partial charge in [0.25, 0.3) is 11.7 Å². The third kappa shape index (κ3) is 4.14. The Morgan fingerprint density at radius 1 is 1.10 bits per heavy atom. The van der Waals surface area contributed by atoms with Gasteiger partial charge in [-0.15, -0.1) is 0 Å². The van der Waals surface area contributed by atoms with Gasteiger partial charge < -0.3 is 14.9 Å². The highest BCUT2D eigenvalue weighted by Crippen LogP contribution is 2.39. The number of benzene rings is 1. The molecule has 1 N–H and O–H groups in total. The summed E-state index contributed by atoms with van der Waals surface area (Å²) in [5.41, 5.74) is 3.30. The molecule has 0 spiro atoms. The minimum absolute atomic E-state index is 0.123. The van der Waals surface area contributed by atoms with Crippen molar-refractivity contribution in [2.24, 2.45) is 0 Å². The van der Waals surface area contributed by atoms with Gasteiger partial charge in [0.05, 0.1) is 11.6 Å². The number of Topliss-reactive ketones (excluding diaryl/α,β-unsaturated/α-hetero) is 1. The molecule has 2 aromatic rings. The molecule has 1 aliphatic rings. The second kappa shape index (κ2) is 9.22. The lowest BCUT2D eigenvalue weighted by Crippen LogP contribution is -2.38. The molecule has 1 atom stereocenters. The fraction of sp³-hybridized carbons (Fsp3) is 0.375. The smallest absolute Gasteiger partial charge is 0.295 e. The van der Waals surface area contributed by atoms with Crippen LogP contribution in [-0.4, -0.2) is 57.8 Å². The van der Waals surface area contributed by atoms with E-state index in [0.717, 1.165) is 29.8 Å². The number of rotatable bonds is 7. The number of likely N-dealkylation sites (tertiary alicyclic amines) is 1. The van der Waals surface area contributed by atoms with Crippen molar-refractivity contribution in [3.63, 3.8) is 0 Å². The Hall–Kier alpha value is -2.99. The first-order chi connectivity index (χ1) is 14.4. The number of hydrogen-bond acceptors (Lipinski definition) is 5. The second-order valence-corrected chi connectivity index (χ2v) is 7.62. The van der Waals surface area contributed by atoms with Crippen LogP contribution in [0.2, 0.25) is 0 Å². The van der Waals surface area contributed by atoms with Crippen LogP contribution in [0.15, 0.2) is 48.3 Å². The second-order valence-electron chi connectivity index (χ2n) is 7.62. The van der Waals surface area contributed by atoms with Crippen LogP contribution >= 0.6 is 0 Å². The van der Waals surface area contributed by atoms with Gasteiger partial charge in [-0.05, 0) is 56.3 Å². The average molecular weight is 408 g/mol. The van der Waals surface area contributed by atoms with E-state index in [1.807, 2.05) is 32.0 Å². The molecule has 1 saturated heterocycles. The SMILES string of the molecule is CCN(CC)CCN1C(=O)C(=O)/C(=C(/O)c2cc(C)ccc2C)[C@H]1c1ccncc1. The third-order valence-corrected chi connectivity index (χ3v) is 5.76. The molecular formula is C24H29N3O3. The number of hydrogen-bond donors (Lipinski definition) is 1. The zero-order chi connectivity index (χ0) is 21.8. The van der Waals surface area contributed by atoms with Gasteiger partial charge in [0, 0.05) is 31.0 Å². The number of amides is 1. The molecule has 1 fully saturated rings. The molecule has 0 aliphatic carbocycles. The maximum Gasteiger partial charge on any atom is 0.295 e. The minimum atomic E-state index is -0.644. The minimum Gasteiger partial charge on any atom is -0.507 e. The maximum absolute atomic E-state index is 13.1. The van der Waals surface area contributed by atoms with Crippen molar-refractivity contribution in [1.82, 2.24) is 14.8 Å². The van der Waals surface area contributed by atoms with Crippen molar-refractivity contribution >= 4 is 17.4 Å². The Bertz CT molecular complexity index is 965. The zero-order valence-corrected chi connectivity index (χ0v) is 18.1. The van der Waals surface area contributed by atoms with Crippen LogP contribution in [0, 0.1) is 13.8 Å². The van der Waals surface area contributed by atoms with E-state index in [1.165, 1.54) is 0 Å². The van der Waals surface area contributed by atoms with Gasteiger partial charge in [-0.25, -0.2) is 0 Å². The summed E-state index contributed by atoms with van der Waals surface area (Å²) >= 11 is 0. The van der Waals surface area contributed by atoms with E-state index in [1.54, 1.807) is 29.4 Å². The van der Waals surface area contributed by atoms with E-state index in [9.17, 15) is 14.7 Å². The van der Waals surface area contributed by atoms with E-state index < -0.39 is 17.7 Å². The number of ketones is 1. The van der Waals surface area contributed by atoms with Gasteiger partial charge >= 0.3 is 0 Å². The fourth-order valence-electron chi connectivity index (χ4n) is 3.93. The summed E-state index contributed by atoms with van der Waals surface area (Å²) in [5, 5.41) is 11.2. The normalized spacial score (nSPS) is 18.4. The van der Waals surface area contributed by atoms with Crippen molar-refractivity contribution in [1.29, 1.82) is 0 Å². The monoisotopic (exact) mass is 407 g/mol. The van der Waals surface area contributed by atoms with Crippen molar-refractivity contribution in [3.05, 3.63) is 70.6 Å². The van der Waals surface area contributed by atoms with E-state index in [4.69, 9.17) is 0 Å². The van der Waals surface area contributed by atoms with Crippen LogP contribution in [0.1, 0.15) is 42.1 Å². The first-order valence-electron chi connectivity index (χ1n) is 10.4. The number of aliphatic hydroxyl groups is 1. The molecule has 3 rings (SSSR count). The van der Waals surface area contributed by atoms with Gasteiger partial charge in [0.15, 0.2) is 0 Å². The van der Waals surface area contributed by atoms with Gasteiger partial charge in [0.2, 0.25) is 0 Å². The lowest BCUT2D eigenvalue weighted by Gasteiger charge is -2.28. The number of aryl methyl sites for hydroxylation is 2. The summed E-state index contributed by atoms with van der Waals surface area (Å²) in [7, 11) is 0. The number of likely N-dealkylation sites (N-methyl/N-ethyl adjacent to an activating group) is 1. The Labute approximate surface area is 177 Å². The maximum atomic E-state index is 13.1. The lowest BCUT2D eigenvalue weighted by molar-refractivity contribution is -0.140. The highest BCUT2D eigenvalue weighted by Gasteiger charge is 2.46. The van der Waals surface area contributed by atoms with E-state index >= 15 is 0 Å². The molecule has 1 aromatic heterocycles. The third-order valence-electron chi connectivity index (χ3n) is 5.76. The topological polar surface area (TPSA) is 73.7 Å². The molecule has 0 radical (unpaired) electrons. The number of aromatic nitrogens is 1. The number of nitrogens with zero attached hydrogens (tertiary/aromatic N) is 3.